The van der Waals surface area contributed by atoms with E-state index in [9.17, 15) is 0 Å². The minimum atomic E-state index is 0.208. The van der Waals surface area contributed by atoms with Crippen molar-refractivity contribution in [3.8, 4) is 5.75 Å². The predicted octanol–water partition coefficient (Wildman–Crippen LogP) is 4.01. The second kappa shape index (κ2) is 5.93. The lowest BCUT2D eigenvalue weighted by Crippen LogP contribution is -2.22. The first kappa shape index (κ1) is 13.7. The van der Waals surface area contributed by atoms with Crippen LogP contribution in [0.1, 0.15) is 42.6 Å². The normalized spacial score (nSPS) is 14.1. The minimum absolute atomic E-state index is 0.208. The smallest absolute Gasteiger partial charge is 0.123 e. The number of hydrogen-bond acceptors (Lipinski definition) is 3. The van der Waals surface area contributed by atoms with Gasteiger partial charge in [-0.25, -0.2) is 0 Å². The van der Waals surface area contributed by atoms with Crippen LogP contribution in [0.3, 0.4) is 0 Å². The van der Waals surface area contributed by atoms with Crippen LogP contribution in [-0.2, 0) is 0 Å². The zero-order valence-corrected chi connectivity index (χ0v) is 11.9. The first-order chi connectivity index (χ1) is 9.11. The molecule has 2 atom stereocenters. The monoisotopic (exact) mass is 259 g/mol. The third-order valence-electron chi connectivity index (χ3n) is 3.39. The predicted molar refractivity (Wildman–Crippen MR) is 76.4 cm³/mol. The number of benzene rings is 1. The van der Waals surface area contributed by atoms with Gasteiger partial charge >= 0.3 is 0 Å². The highest BCUT2D eigenvalue weighted by molar-refractivity contribution is 5.39. The molecule has 3 nitrogen and oxygen atoms in total. The summed E-state index contributed by atoms with van der Waals surface area (Å²) in [4.78, 5) is 0. The second-order valence-electron chi connectivity index (χ2n) is 4.91. The lowest BCUT2D eigenvalue weighted by Gasteiger charge is -2.21. The molecule has 0 spiro atoms. The van der Waals surface area contributed by atoms with Crippen molar-refractivity contribution in [1.82, 2.24) is 5.32 Å². The number of hydrogen-bond donors (Lipinski definition) is 1. The number of ether oxygens (including phenoxy) is 1. The van der Waals surface area contributed by atoms with E-state index in [1.54, 1.807) is 19.6 Å². The van der Waals surface area contributed by atoms with Crippen molar-refractivity contribution in [3.63, 3.8) is 0 Å². The van der Waals surface area contributed by atoms with Crippen LogP contribution in [-0.4, -0.2) is 7.11 Å². The molecule has 0 aliphatic carbocycles. The Morgan fingerprint density at radius 3 is 2.58 bits per heavy atom. The Kier molecular flexibility index (Phi) is 4.27. The van der Waals surface area contributed by atoms with E-state index in [4.69, 9.17) is 9.15 Å². The van der Waals surface area contributed by atoms with E-state index < -0.39 is 0 Å². The van der Waals surface area contributed by atoms with Gasteiger partial charge in [-0.2, -0.15) is 0 Å². The minimum Gasteiger partial charge on any atom is -0.496 e. The topological polar surface area (TPSA) is 34.4 Å². The molecule has 2 aromatic rings. The summed E-state index contributed by atoms with van der Waals surface area (Å²) in [7, 11) is 1.71. The maximum atomic E-state index is 5.44. The quantitative estimate of drug-likeness (QED) is 0.881. The van der Waals surface area contributed by atoms with Gasteiger partial charge in [0.2, 0.25) is 0 Å². The largest absolute Gasteiger partial charge is 0.496 e. The number of rotatable bonds is 5. The molecule has 102 valence electrons. The second-order valence-corrected chi connectivity index (χ2v) is 4.91. The van der Waals surface area contributed by atoms with Gasteiger partial charge in [0.15, 0.2) is 0 Å². The fourth-order valence-electron chi connectivity index (χ4n) is 2.27. The molecule has 19 heavy (non-hydrogen) atoms. The van der Waals surface area contributed by atoms with E-state index in [1.165, 1.54) is 11.1 Å². The van der Waals surface area contributed by atoms with Crippen molar-refractivity contribution >= 4 is 0 Å². The summed E-state index contributed by atoms with van der Waals surface area (Å²) >= 11 is 0. The average Bonchev–Trinajstić information content (AvgIpc) is 2.92. The highest BCUT2D eigenvalue weighted by Crippen LogP contribution is 2.28. The molecular formula is C16H21NO2. The van der Waals surface area contributed by atoms with Crippen molar-refractivity contribution in [3.05, 3.63) is 53.5 Å². The Bertz CT molecular complexity index is 520. The lowest BCUT2D eigenvalue weighted by molar-refractivity contribution is 0.396. The van der Waals surface area contributed by atoms with Crippen LogP contribution < -0.4 is 10.1 Å². The van der Waals surface area contributed by atoms with Crippen LogP contribution in [0.5, 0.6) is 5.75 Å². The summed E-state index contributed by atoms with van der Waals surface area (Å²) in [5, 5.41) is 3.56. The molecule has 0 aliphatic rings. The van der Waals surface area contributed by atoms with Crippen molar-refractivity contribution < 1.29 is 9.15 Å². The van der Waals surface area contributed by atoms with E-state index in [2.05, 4.69) is 38.2 Å². The zero-order chi connectivity index (χ0) is 13.8. The molecule has 2 unspecified atom stereocenters. The van der Waals surface area contributed by atoms with E-state index in [0.717, 1.165) is 11.3 Å². The van der Waals surface area contributed by atoms with Crippen LogP contribution in [0, 0.1) is 6.92 Å². The fraction of sp³-hybridized carbons (Fsp3) is 0.375. The Morgan fingerprint density at radius 2 is 1.95 bits per heavy atom. The van der Waals surface area contributed by atoms with Crippen LogP contribution in [0.4, 0.5) is 0 Å². The maximum Gasteiger partial charge on any atom is 0.123 e. The average molecular weight is 259 g/mol. The standard InChI is InChI=1S/C16H21NO2/c1-11-5-6-16(18-4)15(9-11)13(3)17-12(2)14-7-8-19-10-14/h5-10,12-13,17H,1-4H3. The molecule has 1 heterocycles. The summed E-state index contributed by atoms with van der Waals surface area (Å²) in [5.74, 6) is 0.921. The van der Waals surface area contributed by atoms with Gasteiger partial charge in [0.05, 0.1) is 19.6 Å². The van der Waals surface area contributed by atoms with Gasteiger partial charge in [0.25, 0.3) is 0 Å². The van der Waals surface area contributed by atoms with Crippen molar-refractivity contribution in [2.75, 3.05) is 7.11 Å². The van der Waals surface area contributed by atoms with E-state index >= 15 is 0 Å². The maximum absolute atomic E-state index is 5.44. The van der Waals surface area contributed by atoms with Crippen LogP contribution in [0.25, 0.3) is 0 Å². The lowest BCUT2D eigenvalue weighted by atomic mass is 10.0. The van der Waals surface area contributed by atoms with E-state index in [-0.39, 0.29) is 12.1 Å². The van der Waals surface area contributed by atoms with Gasteiger partial charge in [0.1, 0.15) is 5.75 Å². The Labute approximate surface area is 114 Å². The number of methoxy groups -OCH3 is 1. The summed E-state index contributed by atoms with van der Waals surface area (Å²) in [5.41, 5.74) is 3.57. The van der Waals surface area contributed by atoms with E-state index in [1.807, 2.05) is 12.1 Å². The van der Waals surface area contributed by atoms with Crippen molar-refractivity contribution in [1.29, 1.82) is 0 Å². The van der Waals surface area contributed by atoms with Crippen LogP contribution >= 0.6 is 0 Å². The molecule has 1 aromatic heterocycles. The summed E-state index contributed by atoms with van der Waals surface area (Å²) in [6.07, 6.45) is 3.48. The summed E-state index contributed by atoms with van der Waals surface area (Å²) in [6.45, 7) is 6.37. The Hall–Kier alpha value is -1.74. The molecule has 0 bridgehead atoms. The number of furan rings is 1. The molecule has 2 rings (SSSR count). The first-order valence-electron chi connectivity index (χ1n) is 6.54. The summed E-state index contributed by atoms with van der Waals surface area (Å²) in [6, 6.07) is 8.68. The van der Waals surface area contributed by atoms with E-state index in [0.29, 0.717) is 0 Å². The number of aryl methyl sites for hydroxylation is 1. The van der Waals surface area contributed by atoms with Gasteiger partial charge in [-0.05, 0) is 32.9 Å². The van der Waals surface area contributed by atoms with Gasteiger partial charge < -0.3 is 14.5 Å². The van der Waals surface area contributed by atoms with Crippen molar-refractivity contribution in [2.24, 2.45) is 0 Å². The van der Waals surface area contributed by atoms with Gasteiger partial charge in [-0.1, -0.05) is 17.7 Å². The summed E-state index contributed by atoms with van der Waals surface area (Å²) < 4.78 is 10.6. The Balaban J connectivity index is 2.15. The molecule has 0 saturated heterocycles. The number of nitrogens with one attached hydrogen (secondary N) is 1. The highest BCUT2D eigenvalue weighted by atomic mass is 16.5. The van der Waals surface area contributed by atoms with Crippen LogP contribution in [0.15, 0.2) is 41.2 Å². The van der Waals surface area contributed by atoms with Gasteiger partial charge in [0, 0.05) is 23.2 Å². The molecule has 1 aromatic carbocycles. The molecular weight excluding hydrogens is 238 g/mol. The molecule has 0 fully saturated rings. The Morgan fingerprint density at radius 1 is 1.16 bits per heavy atom. The van der Waals surface area contributed by atoms with Gasteiger partial charge in [-0.15, -0.1) is 0 Å². The first-order valence-corrected chi connectivity index (χ1v) is 6.54. The SMILES string of the molecule is COc1ccc(C)cc1C(C)NC(C)c1ccoc1. The molecule has 0 amide bonds. The molecule has 0 radical (unpaired) electrons. The zero-order valence-electron chi connectivity index (χ0n) is 11.9. The molecule has 3 heteroatoms. The van der Waals surface area contributed by atoms with Gasteiger partial charge in [-0.3, -0.25) is 0 Å². The molecule has 1 N–H and O–H groups in total. The molecule has 0 aliphatic heterocycles. The van der Waals surface area contributed by atoms with Crippen LogP contribution in [0.2, 0.25) is 0 Å². The highest BCUT2D eigenvalue weighted by Gasteiger charge is 2.15. The van der Waals surface area contributed by atoms with Crippen molar-refractivity contribution in [2.45, 2.75) is 32.9 Å². The third kappa shape index (κ3) is 3.18. The third-order valence-corrected chi connectivity index (χ3v) is 3.39. The fourth-order valence-corrected chi connectivity index (χ4v) is 2.27. The molecule has 0 saturated carbocycles.